The zero-order chi connectivity index (χ0) is 14.9. The zero-order valence-corrected chi connectivity index (χ0v) is 11.5. The Morgan fingerprint density at radius 1 is 1.25 bits per heavy atom. The number of nitrogens with one attached hydrogen (secondary N) is 1. The average molecular weight is 287 g/mol. The molecule has 2 aromatic rings. The predicted molar refractivity (Wildman–Crippen MR) is 68.2 cm³/mol. The standard InChI is InChI=1S/C12H16F3N5/c1-4-20-8(2)5-11(18-20)16-7-9-6-10(12(13,14)15)17-19(9)3/h5-6H,4,7H2,1-3H3,(H,16,18). The van der Waals surface area contributed by atoms with Crippen molar-refractivity contribution >= 4 is 5.82 Å². The summed E-state index contributed by atoms with van der Waals surface area (Å²) in [5.41, 5.74) is 0.559. The van der Waals surface area contributed by atoms with Crippen LogP contribution in [-0.2, 0) is 26.3 Å². The maximum absolute atomic E-state index is 12.5. The van der Waals surface area contributed by atoms with E-state index in [1.807, 2.05) is 24.6 Å². The summed E-state index contributed by atoms with van der Waals surface area (Å²) in [6.45, 7) is 4.88. The summed E-state index contributed by atoms with van der Waals surface area (Å²) in [4.78, 5) is 0. The molecule has 0 bridgehead atoms. The van der Waals surface area contributed by atoms with E-state index in [0.717, 1.165) is 18.3 Å². The van der Waals surface area contributed by atoms with Crippen LogP contribution in [0.25, 0.3) is 0 Å². The van der Waals surface area contributed by atoms with Crippen LogP contribution in [0.2, 0.25) is 0 Å². The Morgan fingerprint density at radius 2 is 1.95 bits per heavy atom. The second-order valence-corrected chi connectivity index (χ2v) is 4.48. The fourth-order valence-electron chi connectivity index (χ4n) is 1.91. The van der Waals surface area contributed by atoms with Crippen molar-refractivity contribution in [3.63, 3.8) is 0 Å². The van der Waals surface area contributed by atoms with Gasteiger partial charge in [0.1, 0.15) is 5.82 Å². The minimum absolute atomic E-state index is 0.236. The minimum atomic E-state index is -4.42. The van der Waals surface area contributed by atoms with Gasteiger partial charge in [0.25, 0.3) is 0 Å². The Kier molecular flexibility index (Phi) is 3.74. The van der Waals surface area contributed by atoms with E-state index in [1.165, 1.54) is 11.7 Å². The van der Waals surface area contributed by atoms with E-state index in [2.05, 4.69) is 15.5 Å². The first-order valence-electron chi connectivity index (χ1n) is 6.19. The lowest BCUT2D eigenvalue weighted by Gasteiger charge is -2.03. The molecule has 2 heterocycles. The molecule has 20 heavy (non-hydrogen) atoms. The third-order valence-corrected chi connectivity index (χ3v) is 3.00. The number of aromatic nitrogens is 4. The van der Waals surface area contributed by atoms with Crippen LogP contribution in [-0.4, -0.2) is 19.6 Å². The summed E-state index contributed by atoms with van der Waals surface area (Å²) in [5.74, 6) is 0.638. The molecular formula is C12H16F3N5. The van der Waals surface area contributed by atoms with E-state index >= 15 is 0 Å². The summed E-state index contributed by atoms with van der Waals surface area (Å²) in [6.07, 6.45) is -4.42. The van der Waals surface area contributed by atoms with Gasteiger partial charge in [-0.1, -0.05) is 0 Å². The molecule has 0 radical (unpaired) electrons. The third kappa shape index (κ3) is 2.94. The summed E-state index contributed by atoms with van der Waals surface area (Å²) in [6, 6.07) is 2.89. The monoisotopic (exact) mass is 287 g/mol. The molecule has 0 amide bonds. The predicted octanol–water partition coefficient (Wildman–Crippen LogP) is 2.58. The molecule has 8 heteroatoms. The second kappa shape index (κ2) is 5.18. The lowest BCUT2D eigenvalue weighted by atomic mass is 10.3. The highest BCUT2D eigenvalue weighted by atomic mass is 19.4. The minimum Gasteiger partial charge on any atom is -0.363 e. The van der Waals surface area contributed by atoms with Crippen molar-refractivity contribution in [2.75, 3.05) is 5.32 Å². The summed E-state index contributed by atoms with van der Waals surface area (Å²) in [5, 5.41) is 10.7. The maximum atomic E-state index is 12.5. The normalized spacial score (nSPS) is 11.9. The quantitative estimate of drug-likeness (QED) is 0.940. The molecule has 0 atom stereocenters. The van der Waals surface area contributed by atoms with Crippen molar-refractivity contribution < 1.29 is 13.2 Å². The number of alkyl halides is 3. The van der Waals surface area contributed by atoms with Gasteiger partial charge in [-0.05, 0) is 19.9 Å². The van der Waals surface area contributed by atoms with Crippen molar-refractivity contribution in [3.8, 4) is 0 Å². The van der Waals surface area contributed by atoms with Crippen molar-refractivity contribution in [1.29, 1.82) is 0 Å². The number of aryl methyl sites for hydroxylation is 3. The molecule has 0 saturated heterocycles. The lowest BCUT2D eigenvalue weighted by molar-refractivity contribution is -0.141. The van der Waals surface area contributed by atoms with Gasteiger partial charge in [-0.25, -0.2) is 0 Å². The molecule has 2 rings (SSSR count). The fourth-order valence-corrected chi connectivity index (χ4v) is 1.91. The molecule has 0 aliphatic rings. The largest absolute Gasteiger partial charge is 0.435 e. The topological polar surface area (TPSA) is 47.7 Å². The van der Waals surface area contributed by atoms with Crippen LogP contribution in [0.4, 0.5) is 19.0 Å². The van der Waals surface area contributed by atoms with Crippen LogP contribution in [0.15, 0.2) is 12.1 Å². The Hall–Kier alpha value is -1.99. The molecule has 0 saturated carbocycles. The van der Waals surface area contributed by atoms with E-state index in [9.17, 15) is 13.2 Å². The van der Waals surface area contributed by atoms with E-state index in [0.29, 0.717) is 11.5 Å². The van der Waals surface area contributed by atoms with Crippen molar-refractivity contribution in [1.82, 2.24) is 19.6 Å². The summed E-state index contributed by atoms with van der Waals surface area (Å²) < 4.78 is 40.6. The van der Waals surface area contributed by atoms with Crippen LogP contribution in [0.3, 0.4) is 0 Å². The zero-order valence-electron chi connectivity index (χ0n) is 11.5. The molecule has 0 aliphatic carbocycles. The van der Waals surface area contributed by atoms with Gasteiger partial charge in [0, 0.05) is 25.4 Å². The molecule has 110 valence electrons. The highest BCUT2D eigenvalue weighted by Crippen LogP contribution is 2.28. The van der Waals surface area contributed by atoms with Crippen LogP contribution >= 0.6 is 0 Å². The first kappa shape index (κ1) is 14.4. The van der Waals surface area contributed by atoms with Crippen LogP contribution < -0.4 is 5.32 Å². The third-order valence-electron chi connectivity index (χ3n) is 3.00. The van der Waals surface area contributed by atoms with Gasteiger partial charge < -0.3 is 5.32 Å². The molecule has 0 fully saturated rings. The summed E-state index contributed by atoms with van der Waals surface area (Å²) in [7, 11) is 1.49. The fraction of sp³-hybridized carbons (Fsp3) is 0.500. The Bertz CT molecular complexity index is 597. The van der Waals surface area contributed by atoms with E-state index < -0.39 is 11.9 Å². The van der Waals surface area contributed by atoms with E-state index in [-0.39, 0.29) is 6.54 Å². The first-order chi connectivity index (χ1) is 9.31. The van der Waals surface area contributed by atoms with Gasteiger partial charge in [-0.15, -0.1) is 0 Å². The number of nitrogens with zero attached hydrogens (tertiary/aromatic N) is 4. The SMILES string of the molecule is CCn1nc(NCc2cc(C(F)(F)F)nn2C)cc1C. The highest BCUT2D eigenvalue weighted by molar-refractivity contribution is 5.36. The lowest BCUT2D eigenvalue weighted by Crippen LogP contribution is -2.07. The number of anilines is 1. The molecular weight excluding hydrogens is 271 g/mol. The van der Waals surface area contributed by atoms with Crippen molar-refractivity contribution in [2.24, 2.45) is 7.05 Å². The molecule has 0 aromatic carbocycles. The van der Waals surface area contributed by atoms with Gasteiger partial charge in [0.15, 0.2) is 5.69 Å². The van der Waals surface area contributed by atoms with Gasteiger partial charge in [0.05, 0.1) is 12.2 Å². The molecule has 0 spiro atoms. The van der Waals surface area contributed by atoms with Gasteiger partial charge in [0.2, 0.25) is 0 Å². The van der Waals surface area contributed by atoms with Gasteiger partial charge in [-0.2, -0.15) is 23.4 Å². The Morgan fingerprint density at radius 3 is 2.45 bits per heavy atom. The van der Waals surface area contributed by atoms with Crippen LogP contribution in [0.1, 0.15) is 24.0 Å². The van der Waals surface area contributed by atoms with Crippen LogP contribution in [0, 0.1) is 6.92 Å². The number of rotatable bonds is 4. The van der Waals surface area contributed by atoms with Gasteiger partial charge >= 0.3 is 6.18 Å². The number of hydrogen-bond acceptors (Lipinski definition) is 3. The Labute approximate surface area is 114 Å². The molecule has 5 nitrogen and oxygen atoms in total. The average Bonchev–Trinajstić information content (AvgIpc) is 2.89. The molecule has 0 unspecified atom stereocenters. The second-order valence-electron chi connectivity index (χ2n) is 4.48. The van der Waals surface area contributed by atoms with Crippen molar-refractivity contribution in [3.05, 3.63) is 29.2 Å². The van der Waals surface area contributed by atoms with E-state index in [1.54, 1.807) is 0 Å². The molecule has 1 N–H and O–H groups in total. The number of hydrogen-bond donors (Lipinski definition) is 1. The van der Waals surface area contributed by atoms with Crippen molar-refractivity contribution in [2.45, 2.75) is 33.1 Å². The highest BCUT2D eigenvalue weighted by Gasteiger charge is 2.34. The maximum Gasteiger partial charge on any atom is 0.435 e. The number of halogens is 3. The molecule has 2 aromatic heterocycles. The smallest absolute Gasteiger partial charge is 0.363 e. The van der Waals surface area contributed by atoms with Crippen LogP contribution in [0.5, 0.6) is 0 Å². The van der Waals surface area contributed by atoms with Gasteiger partial charge in [-0.3, -0.25) is 9.36 Å². The summed E-state index contributed by atoms with van der Waals surface area (Å²) >= 11 is 0. The van der Waals surface area contributed by atoms with E-state index in [4.69, 9.17) is 0 Å². The Balaban J connectivity index is 2.09. The molecule has 0 aliphatic heterocycles. The first-order valence-corrected chi connectivity index (χ1v) is 6.19.